The standard InChI is InChI=1S/C18H23NO2/c1-5-14-6-8-15(9-7-14)17-10-16(18(20)21)13(4)19(17)11-12(2)3/h6-10,12H,5,11H2,1-4H3,(H,20,21). The van der Waals surface area contributed by atoms with Gasteiger partial charge in [-0.25, -0.2) is 4.79 Å². The molecule has 0 saturated heterocycles. The lowest BCUT2D eigenvalue weighted by Gasteiger charge is -2.14. The van der Waals surface area contributed by atoms with Gasteiger partial charge in [0.15, 0.2) is 0 Å². The highest BCUT2D eigenvalue weighted by atomic mass is 16.4. The van der Waals surface area contributed by atoms with Crippen molar-refractivity contribution < 1.29 is 9.90 Å². The third kappa shape index (κ3) is 3.18. The number of carbonyl (C=O) groups is 1. The summed E-state index contributed by atoms with van der Waals surface area (Å²) >= 11 is 0. The molecule has 0 bridgehead atoms. The third-order valence-electron chi connectivity index (χ3n) is 3.80. The van der Waals surface area contributed by atoms with Crippen molar-refractivity contribution in [3.8, 4) is 11.3 Å². The molecule has 0 atom stereocenters. The highest BCUT2D eigenvalue weighted by Crippen LogP contribution is 2.27. The number of carboxylic acid groups (broad SMARTS) is 1. The molecular weight excluding hydrogens is 262 g/mol. The fourth-order valence-corrected chi connectivity index (χ4v) is 2.61. The minimum atomic E-state index is -0.860. The predicted molar refractivity (Wildman–Crippen MR) is 85.8 cm³/mol. The van der Waals surface area contributed by atoms with Gasteiger partial charge in [-0.15, -0.1) is 0 Å². The zero-order valence-corrected chi connectivity index (χ0v) is 13.2. The molecule has 21 heavy (non-hydrogen) atoms. The maximum absolute atomic E-state index is 11.4. The quantitative estimate of drug-likeness (QED) is 0.885. The number of rotatable bonds is 5. The van der Waals surface area contributed by atoms with Crippen molar-refractivity contribution in [1.82, 2.24) is 4.57 Å². The topological polar surface area (TPSA) is 42.2 Å². The molecule has 1 N–H and O–H groups in total. The van der Waals surface area contributed by atoms with Gasteiger partial charge in [0.2, 0.25) is 0 Å². The molecule has 0 aliphatic rings. The average molecular weight is 285 g/mol. The summed E-state index contributed by atoms with van der Waals surface area (Å²) in [5, 5.41) is 9.35. The minimum absolute atomic E-state index is 0.394. The normalized spacial score (nSPS) is 11.1. The van der Waals surface area contributed by atoms with Gasteiger partial charge >= 0.3 is 5.97 Å². The van der Waals surface area contributed by atoms with Crippen molar-refractivity contribution in [2.24, 2.45) is 5.92 Å². The molecule has 3 heteroatoms. The third-order valence-corrected chi connectivity index (χ3v) is 3.80. The van der Waals surface area contributed by atoms with Gasteiger partial charge in [-0.3, -0.25) is 0 Å². The predicted octanol–water partition coefficient (Wildman–Crippen LogP) is 4.38. The summed E-state index contributed by atoms with van der Waals surface area (Å²) in [6.45, 7) is 9.12. The molecule has 0 unspecified atom stereocenters. The Bertz CT molecular complexity index is 636. The maximum Gasteiger partial charge on any atom is 0.337 e. The van der Waals surface area contributed by atoms with Crippen LogP contribution in [0.2, 0.25) is 0 Å². The van der Waals surface area contributed by atoms with E-state index in [1.54, 1.807) is 6.07 Å². The molecule has 1 aromatic carbocycles. The smallest absolute Gasteiger partial charge is 0.337 e. The highest BCUT2D eigenvalue weighted by molar-refractivity contribution is 5.91. The van der Waals surface area contributed by atoms with Crippen LogP contribution in [0.3, 0.4) is 0 Å². The van der Waals surface area contributed by atoms with Crippen LogP contribution < -0.4 is 0 Å². The number of aryl methyl sites for hydroxylation is 1. The first-order valence-corrected chi connectivity index (χ1v) is 7.46. The molecule has 0 spiro atoms. The largest absolute Gasteiger partial charge is 0.478 e. The van der Waals surface area contributed by atoms with Crippen LogP contribution in [-0.4, -0.2) is 15.6 Å². The van der Waals surface area contributed by atoms with Crippen molar-refractivity contribution >= 4 is 5.97 Å². The lowest BCUT2D eigenvalue weighted by Crippen LogP contribution is -2.09. The molecule has 3 nitrogen and oxygen atoms in total. The molecule has 112 valence electrons. The van der Waals surface area contributed by atoms with Crippen molar-refractivity contribution in [3.05, 3.63) is 47.2 Å². The number of aromatic nitrogens is 1. The summed E-state index contributed by atoms with van der Waals surface area (Å²) in [6, 6.07) is 10.2. The number of hydrogen-bond acceptors (Lipinski definition) is 1. The first-order valence-electron chi connectivity index (χ1n) is 7.46. The Kier molecular flexibility index (Phi) is 4.51. The van der Waals surface area contributed by atoms with Crippen molar-refractivity contribution in [1.29, 1.82) is 0 Å². The number of benzene rings is 1. The van der Waals surface area contributed by atoms with Crippen LogP contribution in [0.5, 0.6) is 0 Å². The van der Waals surface area contributed by atoms with Gasteiger partial charge in [0.25, 0.3) is 0 Å². The van der Waals surface area contributed by atoms with Crippen LogP contribution in [0, 0.1) is 12.8 Å². The molecule has 0 radical (unpaired) electrons. The highest BCUT2D eigenvalue weighted by Gasteiger charge is 2.18. The van der Waals surface area contributed by atoms with E-state index in [-0.39, 0.29) is 0 Å². The van der Waals surface area contributed by atoms with Gasteiger partial charge in [0, 0.05) is 17.9 Å². The summed E-state index contributed by atoms with van der Waals surface area (Å²) in [7, 11) is 0. The summed E-state index contributed by atoms with van der Waals surface area (Å²) in [5.74, 6) is -0.396. The Hall–Kier alpha value is -2.03. The summed E-state index contributed by atoms with van der Waals surface area (Å²) in [5.41, 5.74) is 4.57. The SMILES string of the molecule is CCc1ccc(-c2cc(C(=O)O)c(C)n2CC(C)C)cc1. The molecule has 0 fully saturated rings. The van der Waals surface area contributed by atoms with Crippen LogP contribution >= 0.6 is 0 Å². The summed E-state index contributed by atoms with van der Waals surface area (Å²) in [6.07, 6.45) is 1.01. The van der Waals surface area contributed by atoms with E-state index in [1.165, 1.54) is 5.56 Å². The summed E-state index contributed by atoms with van der Waals surface area (Å²) in [4.78, 5) is 11.4. The average Bonchev–Trinajstić information content (AvgIpc) is 2.76. The molecule has 2 rings (SSSR count). The second-order valence-corrected chi connectivity index (χ2v) is 5.89. The molecule has 0 aliphatic heterocycles. The zero-order chi connectivity index (χ0) is 15.6. The Labute approximate surface area is 126 Å². The van der Waals surface area contributed by atoms with Crippen molar-refractivity contribution in [2.45, 2.75) is 40.7 Å². The lowest BCUT2D eigenvalue weighted by molar-refractivity contribution is 0.0696. The van der Waals surface area contributed by atoms with Crippen LogP contribution in [-0.2, 0) is 13.0 Å². The Morgan fingerprint density at radius 2 is 1.86 bits per heavy atom. The van der Waals surface area contributed by atoms with Crippen LogP contribution in [0.1, 0.15) is 42.4 Å². The second kappa shape index (κ2) is 6.17. The molecule has 1 heterocycles. The maximum atomic E-state index is 11.4. The van der Waals surface area contributed by atoms with E-state index in [2.05, 4.69) is 49.6 Å². The molecular formula is C18H23NO2. The Balaban J connectivity index is 2.54. The van der Waals surface area contributed by atoms with E-state index in [0.717, 1.165) is 29.9 Å². The van der Waals surface area contributed by atoms with E-state index in [4.69, 9.17) is 0 Å². The molecule has 0 saturated carbocycles. The van der Waals surface area contributed by atoms with Crippen molar-refractivity contribution in [3.63, 3.8) is 0 Å². The van der Waals surface area contributed by atoms with Crippen LogP contribution in [0.4, 0.5) is 0 Å². The Morgan fingerprint density at radius 3 is 2.33 bits per heavy atom. The van der Waals surface area contributed by atoms with E-state index >= 15 is 0 Å². The molecule has 2 aromatic rings. The van der Waals surface area contributed by atoms with Gasteiger partial charge in [0.1, 0.15) is 0 Å². The minimum Gasteiger partial charge on any atom is -0.478 e. The van der Waals surface area contributed by atoms with Gasteiger partial charge in [0.05, 0.1) is 5.56 Å². The van der Waals surface area contributed by atoms with Crippen molar-refractivity contribution in [2.75, 3.05) is 0 Å². The summed E-state index contributed by atoms with van der Waals surface area (Å²) < 4.78 is 2.12. The van der Waals surface area contributed by atoms with E-state index < -0.39 is 5.97 Å². The van der Waals surface area contributed by atoms with Crippen LogP contribution in [0.15, 0.2) is 30.3 Å². The van der Waals surface area contributed by atoms with Gasteiger partial charge in [-0.05, 0) is 36.5 Å². The Morgan fingerprint density at radius 1 is 1.24 bits per heavy atom. The van der Waals surface area contributed by atoms with E-state index in [1.807, 2.05) is 6.92 Å². The fourth-order valence-electron chi connectivity index (χ4n) is 2.61. The number of aromatic carboxylic acids is 1. The number of nitrogens with zero attached hydrogens (tertiary/aromatic N) is 1. The molecule has 0 amide bonds. The second-order valence-electron chi connectivity index (χ2n) is 5.89. The monoisotopic (exact) mass is 285 g/mol. The number of hydrogen-bond donors (Lipinski definition) is 1. The van der Waals surface area contributed by atoms with E-state index in [0.29, 0.717) is 11.5 Å². The zero-order valence-electron chi connectivity index (χ0n) is 13.2. The van der Waals surface area contributed by atoms with Gasteiger partial charge < -0.3 is 9.67 Å². The first kappa shape index (κ1) is 15.4. The van der Waals surface area contributed by atoms with Gasteiger partial charge in [-0.2, -0.15) is 0 Å². The van der Waals surface area contributed by atoms with Crippen LogP contribution in [0.25, 0.3) is 11.3 Å². The van der Waals surface area contributed by atoms with Gasteiger partial charge in [-0.1, -0.05) is 45.0 Å². The molecule has 0 aliphatic carbocycles. The number of carboxylic acids is 1. The molecule has 1 aromatic heterocycles. The first-order chi connectivity index (χ1) is 9.93. The lowest BCUT2D eigenvalue weighted by atomic mass is 10.1. The fraction of sp³-hybridized carbons (Fsp3) is 0.389. The van der Waals surface area contributed by atoms with E-state index in [9.17, 15) is 9.90 Å².